The van der Waals surface area contributed by atoms with Gasteiger partial charge in [0.05, 0.1) is 4.88 Å². The lowest BCUT2D eigenvalue weighted by atomic mass is 10.3. The van der Waals surface area contributed by atoms with E-state index in [2.05, 4.69) is 4.98 Å². The quantitative estimate of drug-likeness (QED) is 0.726. The molecule has 1 N–H and O–H groups in total. The summed E-state index contributed by atoms with van der Waals surface area (Å²) in [5, 5.41) is 11.8. The van der Waals surface area contributed by atoms with Crippen LogP contribution >= 0.6 is 11.3 Å². The summed E-state index contributed by atoms with van der Waals surface area (Å²) in [6.45, 7) is 0. The molecule has 0 radical (unpaired) electrons. The number of thiophene rings is 1. The molecule has 0 spiro atoms. The first kappa shape index (κ1) is 11.7. The van der Waals surface area contributed by atoms with Crippen LogP contribution in [0.3, 0.4) is 0 Å². The number of aliphatic hydroxyl groups excluding tert-OH is 1. The molecule has 1 aromatic carbocycles. The Labute approximate surface area is 112 Å². The van der Waals surface area contributed by atoms with Crippen molar-refractivity contribution < 1.29 is 9.52 Å². The van der Waals surface area contributed by atoms with Crippen molar-refractivity contribution in [3.63, 3.8) is 0 Å². The lowest BCUT2D eigenvalue weighted by Gasteiger charge is -1.98. The van der Waals surface area contributed by atoms with Crippen LogP contribution in [0.25, 0.3) is 22.9 Å². The Morgan fingerprint density at radius 2 is 2.11 bits per heavy atom. The van der Waals surface area contributed by atoms with Crippen molar-refractivity contribution in [3.8, 4) is 0 Å². The lowest BCUT2D eigenvalue weighted by molar-refractivity contribution is 0.516. The molecule has 0 aliphatic rings. The molecule has 0 atom stereocenters. The maximum atomic E-state index is 11.8. The first-order valence-corrected chi connectivity index (χ1v) is 6.46. The topological polar surface area (TPSA) is 63.3 Å². The number of aliphatic hydroxyl groups is 1. The van der Waals surface area contributed by atoms with Crippen LogP contribution in [0.2, 0.25) is 0 Å². The van der Waals surface area contributed by atoms with Crippen molar-refractivity contribution in [2.45, 2.75) is 0 Å². The molecule has 3 rings (SSSR count). The van der Waals surface area contributed by atoms with E-state index in [1.807, 2.05) is 17.5 Å². The Kier molecular flexibility index (Phi) is 2.89. The second-order valence-corrected chi connectivity index (χ2v) is 4.81. The molecule has 19 heavy (non-hydrogen) atoms. The van der Waals surface area contributed by atoms with Crippen LogP contribution in [-0.4, -0.2) is 10.1 Å². The van der Waals surface area contributed by atoms with Crippen LogP contribution in [-0.2, 0) is 0 Å². The van der Waals surface area contributed by atoms with Gasteiger partial charge in [-0.3, -0.25) is 0 Å². The summed E-state index contributed by atoms with van der Waals surface area (Å²) in [5.74, 6) is 0.00470. The van der Waals surface area contributed by atoms with Crippen molar-refractivity contribution in [2.75, 3.05) is 0 Å². The number of nitrogens with zero attached hydrogens (tertiary/aromatic N) is 1. The molecule has 0 amide bonds. The van der Waals surface area contributed by atoms with Crippen molar-refractivity contribution >= 4 is 34.3 Å². The maximum absolute atomic E-state index is 11.8. The van der Waals surface area contributed by atoms with E-state index >= 15 is 0 Å². The number of aromatic nitrogens is 1. The van der Waals surface area contributed by atoms with E-state index in [9.17, 15) is 9.90 Å². The van der Waals surface area contributed by atoms with Gasteiger partial charge in [-0.1, -0.05) is 18.2 Å². The van der Waals surface area contributed by atoms with E-state index in [0.717, 1.165) is 0 Å². The van der Waals surface area contributed by atoms with E-state index in [4.69, 9.17) is 4.42 Å². The third-order valence-corrected chi connectivity index (χ3v) is 3.46. The molecule has 0 bridgehead atoms. The van der Waals surface area contributed by atoms with E-state index in [1.54, 1.807) is 24.3 Å². The molecule has 0 aliphatic carbocycles. The van der Waals surface area contributed by atoms with Crippen LogP contribution in [0.1, 0.15) is 10.6 Å². The van der Waals surface area contributed by atoms with Gasteiger partial charge in [-0.05, 0) is 23.6 Å². The second kappa shape index (κ2) is 4.70. The number of para-hydroxylation sites is 2. The molecule has 3 aromatic rings. The van der Waals surface area contributed by atoms with Crippen molar-refractivity contribution in [1.82, 2.24) is 4.98 Å². The second-order valence-electron chi connectivity index (χ2n) is 3.86. The molecular formula is C14H9NO3S. The van der Waals surface area contributed by atoms with E-state index in [0.29, 0.717) is 16.0 Å². The van der Waals surface area contributed by atoms with Crippen molar-refractivity contribution in [1.29, 1.82) is 0 Å². The minimum absolute atomic E-state index is 0.00470. The summed E-state index contributed by atoms with van der Waals surface area (Å²) in [7, 11) is 0. The van der Waals surface area contributed by atoms with E-state index < -0.39 is 5.63 Å². The first-order valence-electron chi connectivity index (χ1n) is 5.58. The van der Waals surface area contributed by atoms with Gasteiger partial charge in [0.25, 0.3) is 0 Å². The third kappa shape index (κ3) is 2.28. The van der Waals surface area contributed by atoms with Crippen LogP contribution in [0.5, 0.6) is 0 Å². The fourth-order valence-corrected chi connectivity index (χ4v) is 2.32. The van der Waals surface area contributed by atoms with Crippen LogP contribution < -0.4 is 5.63 Å². The van der Waals surface area contributed by atoms with E-state index in [1.165, 1.54) is 17.4 Å². The predicted octanol–water partition coefficient (Wildman–Crippen LogP) is 3.31. The summed E-state index contributed by atoms with van der Waals surface area (Å²) < 4.78 is 5.14. The van der Waals surface area contributed by atoms with Gasteiger partial charge >= 0.3 is 5.63 Å². The van der Waals surface area contributed by atoms with Gasteiger partial charge in [-0.2, -0.15) is 0 Å². The normalized spacial score (nSPS) is 11.9. The van der Waals surface area contributed by atoms with Crippen LogP contribution in [0.4, 0.5) is 0 Å². The summed E-state index contributed by atoms with van der Waals surface area (Å²) >= 11 is 1.38. The molecule has 94 valence electrons. The zero-order chi connectivity index (χ0) is 13.2. The molecule has 5 heteroatoms. The third-order valence-electron chi connectivity index (χ3n) is 2.57. The van der Waals surface area contributed by atoms with Gasteiger partial charge in [0.2, 0.25) is 0 Å². The number of rotatable bonds is 2. The van der Waals surface area contributed by atoms with Gasteiger partial charge < -0.3 is 9.52 Å². The highest BCUT2D eigenvalue weighted by atomic mass is 32.1. The van der Waals surface area contributed by atoms with Gasteiger partial charge in [0, 0.05) is 6.08 Å². The highest BCUT2D eigenvalue weighted by Crippen LogP contribution is 2.19. The predicted molar refractivity (Wildman–Crippen MR) is 75.1 cm³/mol. The van der Waals surface area contributed by atoms with Crippen molar-refractivity contribution in [2.24, 2.45) is 0 Å². The Hall–Kier alpha value is -2.40. The summed E-state index contributed by atoms with van der Waals surface area (Å²) in [4.78, 5) is 16.6. The Bertz CT molecular complexity index is 803. The van der Waals surface area contributed by atoms with Gasteiger partial charge in [-0.25, -0.2) is 9.78 Å². The standard InChI is InChI=1S/C14H9NO3S/c16-11(13-6-3-7-19-13)8-10-14(17)18-12-5-2-1-4-9(12)15-10/h1-8,16H/b11-8-. The average molecular weight is 271 g/mol. The summed E-state index contributed by atoms with van der Waals surface area (Å²) in [5.41, 5.74) is 0.527. The van der Waals surface area contributed by atoms with Crippen LogP contribution in [0, 0.1) is 0 Å². The molecule has 0 saturated heterocycles. The molecule has 4 nitrogen and oxygen atoms in total. The SMILES string of the molecule is O=c1oc2ccccc2nc1/C=C(\O)c1cccs1. The largest absolute Gasteiger partial charge is 0.506 e. The summed E-state index contributed by atoms with van der Waals surface area (Å²) in [6.07, 6.45) is 1.32. The van der Waals surface area contributed by atoms with Gasteiger partial charge in [0.1, 0.15) is 11.3 Å². The Morgan fingerprint density at radius 3 is 2.89 bits per heavy atom. The van der Waals surface area contributed by atoms with E-state index in [-0.39, 0.29) is 11.5 Å². The first-order chi connectivity index (χ1) is 9.24. The smallest absolute Gasteiger partial charge is 0.362 e. The molecule has 0 aliphatic heterocycles. The lowest BCUT2D eigenvalue weighted by Crippen LogP contribution is -2.06. The minimum Gasteiger partial charge on any atom is -0.506 e. The Balaban J connectivity index is 2.13. The number of benzene rings is 1. The zero-order valence-electron chi connectivity index (χ0n) is 9.74. The average Bonchev–Trinajstić information content (AvgIpc) is 2.93. The highest BCUT2D eigenvalue weighted by Gasteiger charge is 2.07. The zero-order valence-corrected chi connectivity index (χ0v) is 10.6. The number of hydrogen-bond acceptors (Lipinski definition) is 5. The van der Waals surface area contributed by atoms with Gasteiger partial charge in [0.15, 0.2) is 11.3 Å². The minimum atomic E-state index is -0.568. The molecule has 0 fully saturated rings. The molecule has 2 heterocycles. The highest BCUT2D eigenvalue weighted by molar-refractivity contribution is 7.11. The molecular weight excluding hydrogens is 262 g/mol. The van der Waals surface area contributed by atoms with Crippen LogP contribution in [0.15, 0.2) is 51.0 Å². The number of fused-ring (bicyclic) bond motifs is 1. The Morgan fingerprint density at radius 1 is 1.26 bits per heavy atom. The fourth-order valence-electron chi connectivity index (χ4n) is 1.68. The van der Waals surface area contributed by atoms with Gasteiger partial charge in [-0.15, -0.1) is 11.3 Å². The molecule has 0 saturated carbocycles. The monoisotopic (exact) mass is 271 g/mol. The summed E-state index contributed by atoms with van der Waals surface area (Å²) in [6, 6.07) is 10.6. The molecule has 0 unspecified atom stereocenters. The van der Waals surface area contributed by atoms with Crippen molar-refractivity contribution in [3.05, 3.63) is 62.8 Å². The maximum Gasteiger partial charge on any atom is 0.362 e. The fraction of sp³-hybridized carbons (Fsp3) is 0. The number of hydrogen-bond donors (Lipinski definition) is 1. The molecule has 2 aromatic heterocycles.